The summed E-state index contributed by atoms with van der Waals surface area (Å²) in [6.07, 6.45) is 2.50. The maximum absolute atomic E-state index is 6.14. The number of aryl methyl sites for hydroxylation is 1. The Balaban J connectivity index is 2.14. The number of rotatable bonds is 1. The van der Waals surface area contributed by atoms with Gasteiger partial charge in [-0.05, 0) is 49.3 Å². The number of hydrogen-bond donors (Lipinski definition) is 1. The molecule has 96 valence electrons. The van der Waals surface area contributed by atoms with Gasteiger partial charge in [-0.25, -0.2) is 4.98 Å². The number of fused-ring (bicyclic) bond motifs is 1. The van der Waals surface area contributed by atoms with Crippen LogP contribution in [-0.2, 0) is 0 Å². The molecule has 1 heterocycles. The summed E-state index contributed by atoms with van der Waals surface area (Å²) in [6.45, 7) is 6.76. The molecule has 3 rings (SSSR count). The lowest BCUT2D eigenvalue weighted by Crippen LogP contribution is -2.16. The number of imidazole rings is 1. The van der Waals surface area contributed by atoms with Crippen molar-refractivity contribution >= 4 is 17.0 Å². The van der Waals surface area contributed by atoms with Gasteiger partial charge in [-0.15, -0.1) is 0 Å². The molecule has 0 spiro atoms. The smallest absolute Gasteiger partial charge is 0.201 e. The minimum Gasteiger partial charge on any atom is -0.369 e. The van der Waals surface area contributed by atoms with Crippen molar-refractivity contribution in [3.63, 3.8) is 0 Å². The topological polar surface area (TPSA) is 43.8 Å². The zero-order valence-corrected chi connectivity index (χ0v) is 11.4. The molecule has 2 N–H and O–H groups in total. The molecule has 1 aliphatic rings. The Hall–Kier alpha value is -1.51. The van der Waals surface area contributed by atoms with Crippen molar-refractivity contribution < 1.29 is 0 Å². The van der Waals surface area contributed by atoms with Crippen LogP contribution in [0.1, 0.15) is 38.3 Å². The number of benzene rings is 1. The molecule has 1 aliphatic carbocycles. The van der Waals surface area contributed by atoms with E-state index in [-0.39, 0.29) is 0 Å². The van der Waals surface area contributed by atoms with Crippen molar-refractivity contribution in [2.75, 3.05) is 5.73 Å². The van der Waals surface area contributed by atoms with E-state index < -0.39 is 0 Å². The van der Waals surface area contributed by atoms with Gasteiger partial charge in [0.1, 0.15) is 0 Å². The van der Waals surface area contributed by atoms with Crippen molar-refractivity contribution in [1.82, 2.24) is 9.55 Å². The molecule has 2 aromatic rings. The molecule has 3 nitrogen and oxygen atoms in total. The minimum absolute atomic E-state index is 0.507. The van der Waals surface area contributed by atoms with Crippen LogP contribution in [0.2, 0.25) is 0 Å². The number of hydrogen-bond acceptors (Lipinski definition) is 2. The first-order valence-corrected chi connectivity index (χ1v) is 6.82. The second kappa shape index (κ2) is 4.01. The average Bonchev–Trinajstić information content (AvgIpc) is 2.80. The van der Waals surface area contributed by atoms with E-state index in [4.69, 9.17) is 5.73 Å². The Morgan fingerprint density at radius 3 is 2.72 bits per heavy atom. The number of nitrogens with two attached hydrogens (primary N) is 1. The third kappa shape index (κ3) is 1.61. The lowest BCUT2D eigenvalue weighted by molar-refractivity contribution is 0.361. The van der Waals surface area contributed by atoms with Crippen molar-refractivity contribution in [2.45, 2.75) is 39.7 Å². The molecule has 3 unspecified atom stereocenters. The fourth-order valence-electron chi connectivity index (χ4n) is 3.28. The quantitative estimate of drug-likeness (QED) is 0.832. The van der Waals surface area contributed by atoms with E-state index in [1.165, 1.54) is 23.9 Å². The van der Waals surface area contributed by atoms with Gasteiger partial charge in [0, 0.05) is 6.04 Å². The van der Waals surface area contributed by atoms with Crippen LogP contribution in [0, 0.1) is 18.8 Å². The van der Waals surface area contributed by atoms with Crippen LogP contribution in [0.3, 0.4) is 0 Å². The van der Waals surface area contributed by atoms with Gasteiger partial charge in [0.2, 0.25) is 5.95 Å². The summed E-state index contributed by atoms with van der Waals surface area (Å²) < 4.78 is 2.25. The standard InChI is InChI=1S/C15H21N3/c1-9-4-6-14-12(8-9)17-15(16)18(14)13-7-5-10(2)11(13)3/h4,6,8,10-11,13H,5,7H2,1-3H3,(H2,16,17). The van der Waals surface area contributed by atoms with E-state index in [0.29, 0.717) is 17.9 Å². The van der Waals surface area contributed by atoms with E-state index >= 15 is 0 Å². The van der Waals surface area contributed by atoms with E-state index in [1.807, 2.05) is 0 Å². The summed E-state index contributed by atoms with van der Waals surface area (Å²) in [7, 11) is 0. The summed E-state index contributed by atoms with van der Waals surface area (Å²) in [5.74, 6) is 2.12. The molecule has 0 radical (unpaired) electrons. The van der Waals surface area contributed by atoms with Crippen LogP contribution in [0.5, 0.6) is 0 Å². The fourth-order valence-corrected chi connectivity index (χ4v) is 3.28. The first-order valence-electron chi connectivity index (χ1n) is 6.82. The fraction of sp³-hybridized carbons (Fsp3) is 0.533. The van der Waals surface area contributed by atoms with Gasteiger partial charge in [-0.2, -0.15) is 0 Å². The summed E-state index contributed by atoms with van der Waals surface area (Å²) >= 11 is 0. The van der Waals surface area contributed by atoms with Crippen LogP contribution >= 0.6 is 0 Å². The van der Waals surface area contributed by atoms with Crippen molar-refractivity contribution in [1.29, 1.82) is 0 Å². The maximum Gasteiger partial charge on any atom is 0.201 e. The lowest BCUT2D eigenvalue weighted by Gasteiger charge is -2.21. The van der Waals surface area contributed by atoms with E-state index in [9.17, 15) is 0 Å². The van der Waals surface area contributed by atoms with Gasteiger partial charge in [0.25, 0.3) is 0 Å². The molecule has 1 saturated carbocycles. The van der Waals surface area contributed by atoms with Gasteiger partial charge in [-0.3, -0.25) is 0 Å². The molecule has 0 saturated heterocycles. The second-order valence-corrected chi connectivity index (χ2v) is 5.81. The first kappa shape index (κ1) is 11.6. The summed E-state index contributed by atoms with van der Waals surface area (Å²) in [5.41, 5.74) is 9.59. The highest BCUT2D eigenvalue weighted by Gasteiger charge is 2.32. The van der Waals surface area contributed by atoms with Gasteiger partial charge in [0.05, 0.1) is 11.0 Å². The van der Waals surface area contributed by atoms with Gasteiger partial charge >= 0.3 is 0 Å². The van der Waals surface area contributed by atoms with Crippen molar-refractivity contribution in [3.8, 4) is 0 Å². The molecule has 3 atom stereocenters. The summed E-state index contributed by atoms with van der Waals surface area (Å²) in [4.78, 5) is 4.52. The molecule has 1 aromatic carbocycles. The molecule has 18 heavy (non-hydrogen) atoms. The van der Waals surface area contributed by atoms with Crippen LogP contribution in [0.15, 0.2) is 18.2 Å². The Morgan fingerprint density at radius 1 is 1.28 bits per heavy atom. The Bertz CT molecular complexity index is 585. The zero-order chi connectivity index (χ0) is 12.9. The molecular weight excluding hydrogens is 222 g/mol. The highest BCUT2D eigenvalue weighted by atomic mass is 15.2. The zero-order valence-electron chi connectivity index (χ0n) is 11.4. The van der Waals surface area contributed by atoms with E-state index in [1.54, 1.807) is 0 Å². The number of nitrogen functional groups attached to an aromatic ring is 1. The Morgan fingerprint density at radius 2 is 2.06 bits per heavy atom. The average molecular weight is 243 g/mol. The van der Waals surface area contributed by atoms with Crippen molar-refractivity contribution in [3.05, 3.63) is 23.8 Å². The second-order valence-electron chi connectivity index (χ2n) is 5.81. The SMILES string of the molecule is Cc1ccc2c(c1)nc(N)n2C1CCC(C)C1C. The van der Waals surface area contributed by atoms with Crippen LogP contribution in [0.4, 0.5) is 5.95 Å². The molecule has 0 amide bonds. The molecule has 0 aliphatic heterocycles. The number of aromatic nitrogens is 2. The number of anilines is 1. The summed E-state index contributed by atoms with van der Waals surface area (Å²) in [5, 5.41) is 0. The maximum atomic E-state index is 6.14. The van der Waals surface area contributed by atoms with Crippen molar-refractivity contribution in [2.24, 2.45) is 11.8 Å². The lowest BCUT2D eigenvalue weighted by atomic mass is 9.97. The normalized spacial score (nSPS) is 28.1. The highest BCUT2D eigenvalue weighted by Crippen LogP contribution is 2.42. The first-order chi connectivity index (χ1) is 8.58. The van der Waals surface area contributed by atoms with Crippen LogP contribution in [-0.4, -0.2) is 9.55 Å². The predicted octanol–water partition coefficient (Wildman–Crippen LogP) is 3.53. The number of nitrogens with zero attached hydrogens (tertiary/aromatic N) is 2. The molecule has 0 bridgehead atoms. The Kier molecular flexibility index (Phi) is 2.58. The molecule has 1 fully saturated rings. The molecular formula is C15H21N3. The largest absolute Gasteiger partial charge is 0.369 e. The predicted molar refractivity (Wildman–Crippen MR) is 75.5 cm³/mol. The highest BCUT2D eigenvalue weighted by molar-refractivity contribution is 5.79. The van der Waals surface area contributed by atoms with Gasteiger partial charge < -0.3 is 10.3 Å². The van der Waals surface area contributed by atoms with Gasteiger partial charge in [0.15, 0.2) is 0 Å². The minimum atomic E-state index is 0.507. The Labute approximate surface area is 108 Å². The third-order valence-electron chi connectivity index (χ3n) is 4.63. The van der Waals surface area contributed by atoms with Gasteiger partial charge in [-0.1, -0.05) is 19.9 Å². The third-order valence-corrected chi connectivity index (χ3v) is 4.63. The molecule has 3 heteroatoms. The summed E-state index contributed by atoms with van der Waals surface area (Å²) in [6, 6.07) is 6.92. The monoisotopic (exact) mass is 243 g/mol. The van der Waals surface area contributed by atoms with Crippen LogP contribution in [0.25, 0.3) is 11.0 Å². The van der Waals surface area contributed by atoms with E-state index in [0.717, 1.165) is 11.4 Å². The molecule has 1 aromatic heterocycles. The van der Waals surface area contributed by atoms with Crippen LogP contribution < -0.4 is 5.73 Å². The van der Waals surface area contributed by atoms with E-state index in [2.05, 4.69) is 48.5 Å².